The van der Waals surface area contributed by atoms with E-state index in [1.54, 1.807) is 24.3 Å². The van der Waals surface area contributed by atoms with E-state index in [0.717, 1.165) is 16.6 Å². The summed E-state index contributed by atoms with van der Waals surface area (Å²) >= 11 is 0. The molecular formula is C20H19NO4. The van der Waals surface area contributed by atoms with Gasteiger partial charge in [0.2, 0.25) is 5.78 Å². The van der Waals surface area contributed by atoms with Crippen LogP contribution >= 0.6 is 0 Å². The Morgan fingerprint density at radius 1 is 1.08 bits per heavy atom. The zero-order valence-corrected chi connectivity index (χ0v) is 14.4. The Morgan fingerprint density at radius 2 is 1.84 bits per heavy atom. The Bertz CT molecular complexity index is 940. The smallest absolute Gasteiger partial charge is 0.338 e. The van der Waals surface area contributed by atoms with Crippen LogP contribution in [0.5, 0.6) is 0 Å². The van der Waals surface area contributed by atoms with E-state index < -0.39 is 5.97 Å². The van der Waals surface area contributed by atoms with Crippen molar-refractivity contribution >= 4 is 28.4 Å². The van der Waals surface area contributed by atoms with Crippen molar-refractivity contribution < 1.29 is 18.7 Å². The second-order valence-corrected chi connectivity index (χ2v) is 6.00. The lowest BCUT2D eigenvalue weighted by Crippen LogP contribution is -2.15. The molecule has 0 spiro atoms. The number of hydrogen-bond donors (Lipinski definition) is 0. The lowest BCUT2D eigenvalue weighted by atomic mass is 10.1. The van der Waals surface area contributed by atoms with Gasteiger partial charge in [0.15, 0.2) is 12.4 Å². The van der Waals surface area contributed by atoms with Gasteiger partial charge in [-0.05, 0) is 31.2 Å². The van der Waals surface area contributed by atoms with Crippen LogP contribution < -0.4 is 4.90 Å². The number of carbonyl (C=O) groups is 2. The van der Waals surface area contributed by atoms with E-state index in [1.807, 2.05) is 50.2 Å². The highest BCUT2D eigenvalue weighted by atomic mass is 16.5. The lowest BCUT2D eigenvalue weighted by Gasteiger charge is -2.13. The second-order valence-electron chi connectivity index (χ2n) is 6.00. The minimum Gasteiger partial charge on any atom is -0.454 e. The van der Waals surface area contributed by atoms with Gasteiger partial charge >= 0.3 is 5.97 Å². The quantitative estimate of drug-likeness (QED) is 0.523. The van der Waals surface area contributed by atoms with Gasteiger partial charge in [-0.1, -0.05) is 24.3 Å². The number of Topliss-reactive ketones (excluding diaryl/α,β-unsaturated/α-hetero) is 1. The molecule has 0 aliphatic rings. The minimum atomic E-state index is -0.536. The number of nitrogens with zero attached hydrogens (tertiary/aromatic N) is 1. The Labute approximate surface area is 145 Å². The van der Waals surface area contributed by atoms with Gasteiger partial charge in [0.05, 0.1) is 5.56 Å². The first-order valence-electron chi connectivity index (χ1n) is 7.93. The van der Waals surface area contributed by atoms with Gasteiger partial charge < -0.3 is 14.1 Å². The zero-order chi connectivity index (χ0) is 18.0. The van der Waals surface area contributed by atoms with Crippen molar-refractivity contribution in [1.29, 1.82) is 0 Å². The third kappa shape index (κ3) is 3.40. The molecule has 128 valence electrons. The van der Waals surface area contributed by atoms with Gasteiger partial charge in [0.1, 0.15) is 5.58 Å². The van der Waals surface area contributed by atoms with Crippen molar-refractivity contribution in [3.8, 4) is 0 Å². The van der Waals surface area contributed by atoms with E-state index in [2.05, 4.69) is 0 Å². The SMILES string of the molecule is Cc1c(C(=O)COC(=O)c2cccc(N(C)C)c2)oc2ccccc12. The van der Waals surface area contributed by atoms with E-state index in [-0.39, 0.29) is 18.2 Å². The molecule has 3 rings (SSSR count). The number of carbonyl (C=O) groups excluding carboxylic acids is 2. The van der Waals surface area contributed by atoms with Crippen LogP contribution in [0.4, 0.5) is 5.69 Å². The Balaban J connectivity index is 1.72. The molecule has 5 heteroatoms. The van der Waals surface area contributed by atoms with Gasteiger partial charge in [0, 0.05) is 30.7 Å². The lowest BCUT2D eigenvalue weighted by molar-refractivity contribution is 0.0468. The van der Waals surface area contributed by atoms with E-state index in [0.29, 0.717) is 11.1 Å². The highest BCUT2D eigenvalue weighted by molar-refractivity contribution is 6.02. The maximum Gasteiger partial charge on any atom is 0.338 e. The molecule has 2 aromatic carbocycles. The van der Waals surface area contributed by atoms with Crippen LogP contribution in [0.2, 0.25) is 0 Å². The fourth-order valence-electron chi connectivity index (χ4n) is 2.63. The number of ketones is 1. The molecule has 0 aliphatic carbocycles. The number of benzene rings is 2. The van der Waals surface area contributed by atoms with E-state index >= 15 is 0 Å². The first-order chi connectivity index (χ1) is 12.0. The number of ether oxygens (including phenoxy) is 1. The Morgan fingerprint density at radius 3 is 2.56 bits per heavy atom. The molecule has 1 aromatic heterocycles. The van der Waals surface area contributed by atoms with E-state index in [4.69, 9.17) is 9.15 Å². The molecule has 25 heavy (non-hydrogen) atoms. The van der Waals surface area contributed by atoms with Gasteiger partial charge in [0.25, 0.3) is 0 Å². The summed E-state index contributed by atoms with van der Waals surface area (Å²) in [4.78, 5) is 26.4. The van der Waals surface area contributed by atoms with Crippen molar-refractivity contribution in [3.05, 3.63) is 65.4 Å². The first-order valence-corrected chi connectivity index (χ1v) is 7.93. The maximum absolute atomic E-state index is 12.4. The Hall–Kier alpha value is -3.08. The molecular weight excluding hydrogens is 318 g/mol. The maximum atomic E-state index is 12.4. The normalized spacial score (nSPS) is 10.7. The van der Waals surface area contributed by atoms with E-state index in [1.165, 1.54) is 0 Å². The number of para-hydroxylation sites is 1. The summed E-state index contributed by atoms with van der Waals surface area (Å²) in [6.45, 7) is 1.47. The third-order valence-corrected chi connectivity index (χ3v) is 4.03. The average molecular weight is 337 g/mol. The topological polar surface area (TPSA) is 59.8 Å². The van der Waals surface area contributed by atoms with Crippen molar-refractivity contribution in [2.75, 3.05) is 25.6 Å². The molecule has 0 saturated heterocycles. The molecule has 0 bridgehead atoms. The summed E-state index contributed by atoms with van der Waals surface area (Å²) in [5.74, 6) is -0.660. The third-order valence-electron chi connectivity index (χ3n) is 4.03. The Kier molecular flexibility index (Phi) is 4.57. The fourth-order valence-corrected chi connectivity index (χ4v) is 2.63. The van der Waals surface area contributed by atoms with Gasteiger partial charge in [-0.3, -0.25) is 4.79 Å². The average Bonchev–Trinajstić information content (AvgIpc) is 2.96. The molecule has 0 aliphatic heterocycles. The molecule has 0 unspecified atom stereocenters. The van der Waals surface area contributed by atoms with Crippen LogP contribution in [0, 0.1) is 6.92 Å². The predicted octanol–water partition coefficient (Wildman–Crippen LogP) is 3.85. The number of anilines is 1. The monoisotopic (exact) mass is 337 g/mol. The van der Waals surface area contributed by atoms with Crippen molar-refractivity contribution in [3.63, 3.8) is 0 Å². The molecule has 0 saturated carbocycles. The number of furan rings is 1. The fraction of sp³-hybridized carbons (Fsp3) is 0.200. The van der Waals surface area contributed by atoms with Crippen LogP contribution in [0.15, 0.2) is 52.9 Å². The van der Waals surface area contributed by atoms with E-state index in [9.17, 15) is 9.59 Å². The van der Waals surface area contributed by atoms with Crippen molar-refractivity contribution in [1.82, 2.24) is 0 Å². The highest BCUT2D eigenvalue weighted by Crippen LogP contribution is 2.25. The summed E-state index contributed by atoms with van der Waals surface area (Å²) in [7, 11) is 3.77. The van der Waals surface area contributed by atoms with Gasteiger partial charge in [-0.25, -0.2) is 4.79 Å². The number of esters is 1. The summed E-state index contributed by atoms with van der Waals surface area (Å²) < 4.78 is 10.8. The van der Waals surface area contributed by atoms with Gasteiger partial charge in [-0.2, -0.15) is 0 Å². The molecule has 5 nitrogen and oxygen atoms in total. The standard InChI is InChI=1S/C20H19NO4/c1-13-16-9-4-5-10-18(16)25-19(13)17(22)12-24-20(23)14-7-6-8-15(11-14)21(2)3/h4-11H,12H2,1-3H3. The molecule has 0 fully saturated rings. The van der Waals surface area contributed by atoms with Crippen LogP contribution in [0.3, 0.4) is 0 Å². The first kappa shape index (κ1) is 16.8. The summed E-state index contributed by atoms with van der Waals surface area (Å²) in [5, 5.41) is 0.885. The molecule has 3 aromatic rings. The largest absolute Gasteiger partial charge is 0.454 e. The number of fused-ring (bicyclic) bond motifs is 1. The van der Waals surface area contributed by atoms with Crippen LogP contribution in [-0.4, -0.2) is 32.5 Å². The number of hydrogen-bond acceptors (Lipinski definition) is 5. The molecule has 0 amide bonds. The van der Waals surface area contributed by atoms with Crippen LogP contribution in [-0.2, 0) is 4.74 Å². The predicted molar refractivity (Wildman–Crippen MR) is 96.3 cm³/mol. The molecule has 0 radical (unpaired) electrons. The number of rotatable bonds is 5. The summed E-state index contributed by atoms with van der Waals surface area (Å²) in [5.41, 5.74) is 2.69. The zero-order valence-electron chi connectivity index (χ0n) is 14.4. The summed E-state index contributed by atoms with van der Waals surface area (Å²) in [6.07, 6.45) is 0. The summed E-state index contributed by atoms with van der Waals surface area (Å²) in [6, 6.07) is 14.5. The van der Waals surface area contributed by atoms with Gasteiger partial charge in [-0.15, -0.1) is 0 Å². The highest BCUT2D eigenvalue weighted by Gasteiger charge is 2.19. The van der Waals surface area contributed by atoms with Crippen LogP contribution in [0.1, 0.15) is 26.5 Å². The molecule has 0 atom stereocenters. The second kappa shape index (κ2) is 6.81. The van der Waals surface area contributed by atoms with Crippen molar-refractivity contribution in [2.45, 2.75) is 6.92 Å². The van der Waals surface area contributed by atoms with Crippen molar-refractivity contribution in [2.24, 2.45) is 0 Å². The number of aryl methyl sites for hydroxylation is 1. The minimum absolute atomic E-state index is 0.232. The van der Waals surface area contributed by atoms with Crippen LogP contribution in [0.25, 0.3) is 11.0 Å². The molecule has 0 N–H and O–H groups in total. The molecule has 1 heterocycles.